The Morgan fingerprint density at radius 2 is 1.94 bits per heavy atom. The van der Waals surface area contributed by atoms with Gasteiger partial charge in [0.1, 0.15) is 36.3 Å². The number of aliphatic hydroxyl groups is 2. The van der Waals surface area contributed by atoms with Gasteiger partial charge in [0.05, 0.1) is 12.8 Å². The van der Waals surface area contributed by atoms with Crippen LogP contribution in [0.3, 0.4) is 0 Å². The molecule has 2 aromatic heterocycles. The van der Waals surface area contributed by atoms with E-state index >= 15 is 0 Å². The molecule has 0 bridgehead atoms. The van der Waals surface area contributed by atoms with E-state index in [4.69, 9.17) is 9.47 Å². The molecule has 1 fully saturated rings. The normalized spacial score (nSPS) is 22.6. The van der Waals surface area contributed by atoms with Crippen LogP contribution in [0.5, 0.6) is 5.75 Å². The molecule has 0 amide bonds. The molecule has 0 unspecified atom stereocenters. The number of aromatic nitrogens is 5. The SMILES string of the molecule is O=c1ccn([C@@H]2O[C@H](CO)[C@@H](O)[C@H]2n2cc(COc3cccc4ccccc34)nn2)c(=O)[nH]1. The number of ether oxygens (including phenoxy) is 2. The quantitative estimate of drug-likeness (QED) is 0.381. The molecule has 11 nitrogen and oxygen atoms in total. The molecule has 0 aliphatic carbocycles. The van der Waals surface area contributed by atoms with Crippen molar-refractivity contribution >= 4 is 10.8 Å². The minimum Gasteiger partial charge on any atom is -0.487 e. The molecule has 1 aliphatic heterocycles. The largest absolute Gasteiger partial charge is 0.487 e. The third-order valence-electron chi connectivity index (χ3n) is 5.63. The molecule has 0 saturated carbocycles. The van der Waals surface area contributed by atoms with E-state index in [0.717, 1.165) is 15.3 Å². The van der Waals surface area contributed by atoms with Crippen LogP contribution in [0, 0.1) is 0 Å². The lowest BCUT2D eigenvalue weighted by Gasteiger charge is -2.21. The van der Waals surface area contributed by atoms with Crippen LogP contribution in [-0.2, 0) is 11.3 Å². The number of benzene rings is 2. The van der Waals surface area contributed by atoms with E-state index in [1.54, 1.807) is 6.20 Å². The van der Waals surface area contributed by atoms with Crippen LogP contribution in [0.15, 0.2) is 70.5 Å². The number of fused-ring (bicyclic) bond motifs is 1. The second kappa shape index (κ2) is 8.62. The van der Waals surface area contributed by atoms with Crippen molar-refractivity contribution in [2.45, 2.75) is 31.1 Å². The van der Waals surface area contributed by atoms with Crippen LogP contribution in [0.25, 0.3) is 10.8 Å². The summed E-state index contributed by atoms with van der Waals surface area (Å²) < 4.78 is 14.2. The van der Waals surface area contributed by atoms with Crippen molar-refractivity contribution in [2.75, 3.05) is 6.61 Å². The fraction of sp³-hybridized carbons (Fsp3) is 0.273. The Labute approximate surface area is 186 Å². The second-order valence-corrected chi connectivity index (χ2v) is 7.70. The molecule has 170 valence electrons. The van der Waals surface area contributed by atoms with E-state index in [1.807, 2.05) is 42.5 Å². The van der Waals surface area contributed by atoms with Crippen LogP contribution < -0.4 is 16.0 Å². The second-order valence-electron chi connectivity index (χ2n) is 7.70. The fourth-order valence-electron chi connectivity index (χ4n) is 4.02. The van der Waals surface area contributed by atoms with E-state index in [9.17, 15) is 19.8 Å². The zero-order valence-corrected chi connectivity index (χ0v) is 17.3. The number of aliphatic hydroxyl groups excluding tert-OH is 2. The Bertz CT molecular complexity index is 1390. The summed E-state index contributed by atoms with van der Waals surface area (Å²) in [6.45, 7) is -0.331. The maximum atomic E-state index is 12.3. The van der Waals surface area contributed by atoms with Crippen molar-refractivity contribution in [3.8, 4) is 5.75 Å². The lowest BCUT2D eigenvalue weighted by Crippen LogP contribution is -2.36. The van der Waals surface area contributed by atoms with E-state index in [1.165, 1.54) is 16.9 Å². The van der Waals surface area contributed by atoms with Gasteiger partial charge in [0.15, 0.2) is 6.23 Å². The first kappa shape index (κ1) is 21.1. The standard InChI is InChI=1S/C22H21N5O6/c28-11-17-20(30)19(21(33-17)26-9-8-18(29)23-22(26)31)27-10-14(24-25-27)12-32-16-7-3-5-13-4-1-2-6-15(13)16/h1-10,17,19-21,28,30H,11-12H2,(H,23,29,31)/t17-,19-,20-,21-/m1/s1. The van der Waals surface area contributed by atoms with Crippen LogP contribution in [0.4, 0.5) is 0 Å². The molecule has 3 heterocycles. The summed E-state index contributed by atoms with van der Waals surface area (Å²) in [4.78, 5) is 25.9. The fourth-order valence-corrected chi connectivity index (χ4v) is 4.02. The summed E-state index contributed by atoms with van der Waals surface area (Å²) in [6.07, 6.45) is -0.278. The van der Waals surface area contributed by atoms with E-state index in [0.29, 0.717) is 11.4 Å². The van der Waals surface area contributed by atoms with Gasteiger partial charge in [-0.1, -0.05) is 41.6 Å². The highest BCUT2D eigenvalue weighted by molar-refractivity contribution is 5.88. The molecule has 2 aromatic carbocycles. The summed E-state index contributed by atoms with van der Waals surface area (Å²) in [5, 5.41) is 30.5. The van der Waals surface area contributed by atoms with Gasteiger partial charge in [-0.25, -0.2) is 9.48 Å². The number of H-pyrrole nitrogens is 1. The first-order valence-corrected chi connectivity index (χ1v) is 10.3. The molecule has 33 heavy (non-hydrogen) atoms. The number of nitrogens with one attached hydrogen (secondary N) is 1. The van der Waals surface area contributed by atoms with Crippen molar-refractivity contribution in [2.24, 2.45) is 0 Å². The van der Waals surface area contributed by atoms with Crippen LogP contribution >= 0.6 is 0 Å². The molecule has 3 N–H and O–H groups in total. The first-order chi connectivity index (χ1) is 16.0. The topological polar surface area (TPSA) is 144 Å². The molecule has 0 radical (unpaired) electrons. The van der Waals surface area contributed by atoms with Gasteiger partial charge in [-0.15, -0.1) is 5.10 Å². The van der Waals surface area contributed by atoms with Crippen molar-refractivity contribution in [3.63, 3.8) is 0 Å². The van der Waals surface area contributed by atoms with Crippen LogP contribution in [0.1, 0.15) is 18.0 Å². The average molecular weight is 451 g/mol. The van der Waals surface area contributed by atoms with Crippen LogP contribution in [0.2, 0.25) is 0 Å². The van der Waals surface area contributed by atoms with E-state index in [-0.39, 0.29) is 6.61 Å². The summed E-state index contributed by atoms with van der Waals surface area (Å²) in [7, 11) is 0. The molecule has 4 atom stereocenters. The van der Waals surface area contributed by atoms with E-state index < -0.39 is 42.3 Å². The van der Waals surface area contributed by atoms with Crippen molar-refractivity contribution in [1.82, 2.24) is 24.5 Å². The zero-order valence-electron chi connectivity index (χ0n) is 17.3. The third-order valence-corrected chi connectivity index (χ3v) is 5.63. The number of hydrogen-bond donors (Lipinski definition) is 3. The molecule has 1 saturated heterocycles. The van der Waals surface area contributed by atoms with Gasteiger partial charge >= 0.3 is 5.69 Å². The van der Waals surface area contributed by atoms with Crippen LogP contribution in [-0.4, -0.2) is 53.6 Å². The Kier molecular flexibility index (Phi) is 5.50. The molecule has 5 rings (SSSR count). The number of aromatic amines is 1. The van der Waals surface area contributed by atoms with Gasteiger partial charge in [0.2, 0.25) is 0 Å². The Balaban J connectivity index is 1.41. The average Bonchev–Trinajstić information content (AvgIpc) is 3.41. The van der Waals surface area contributed by atoms with Gasteiger partial charge in [-0.3, -0.25) is 14.3 Å². The van der Waals surface area contributed by atoms with Gasteiger partial charge in [-0.2, -0.15) is 0 Å². The summed E-state index contributed by atoms with van der Waals surface area (Å²) >= 11 is 0. The lowest BCUT2D eigenvalue weighted by molar-refractivity contribution is -0.0479. The summed E-state index contributed by atoms with van der Waals surface area (Å²) in [6, 6.07) is 13.9. The molecular weight excluding hydrogens is 430 g/mol. The molecule has 1 aliphatic rings. The maximum Gasteiger partial charge on any atom is 0.330 e. The predicted octanol–water partition coefficient (Wildman–Crippen LogP) is 0.352. The van der Waals surface area contributed by atoms with Gasteiger partial charge < -0.3 is 19.7 Å². The Morgan fingerprint density at radius 1 is 1.12 bits per heavy atom. The van der Waals surface area contributed by atoms with Gasteiger partial charge in [0.25, 0.3) is 5.56 Å². The van der Waals surface area contributed by atoms with Crippen molar-refractivity contribution in [1.29, 1.82) is 0 Å². The highest BCUT2D eigenvalue weighted by Gasteiger charge is 2.46. The molecule has 4 aromatic rings. The molecule has 11 heteroatoms. The molecular formula is C22H21N5O6. The highest BCUT2D eigenvalue weighted by atomic mass is 16.5. The predicted molar refractivity (Wildman–Crippen MR) is 116 cm³/mol. The van der Waals surface area contributed by atoms with Crippen molar-refractivity contribution in [3.05, 3.63) is 87.5 Å². The van der Waals surface area contributed by atoms with Crippen molar-refractivity contribution < 1.29 is 19.7 Å². The number of rotatable bonds is 6. The maximum absolute atomic E-state index is 12.3. The third kappa shape index (κ3) is 3.93. The number of hydrogen-bond acceptors (Lipinski definition) is 8. The zero-order chi connectivity index (χ0) is 22.9. The monoisotopic (exact) mass is 451 g/mol. The summed E-state index contributed by atoms with van der Waals surface area (Å²) in [5.41, 5.74) is -0.767. The minimum atomic E-state index is -1.17. The van der Waals surface area contributed by atoms with Gasteiger partial charge in [-0.05, 0) is 11.5 Å². The summed E-state index contributed by atoms with van der Waals surface area (Å²) in [5.74, 6) is 0.699. The Hall–Kier alpha value is -3.80. The lowest BCUT2D eigenvalue weighted by atomic mass is 10.1. The van der Waals surface area contributed by atoms with E-state index in [2.05, 4.69) is 15.3 Å². The Morgan fingerprint density at radius 3 is 2.76 bits per heavy atom. The minimum absolute atomic E-state index is 0.129. The highest BCUT2D eigenvalue weighted by Crippen LogP contribution is 2.37. The smallest absolute Gasteiger partial charge is 0.330 e. The number of nitrogens with zero attached hydrogens (tertiary/aromatic N) is 4. The first-order valence-electron chi connectivity index (χ1n) is 10.3. The molecule has 0 spiro atoms. The van der Waals surface area contributed by atoms with Gasteiger partial charge in [0, 0.05) is 17.6 Å².